The fourth-order valence-corrected chi connectivity index (χ4v) is 3.64. The number of nitrogens with one attached hydrogen (secondary N) is 2. The average molecular weight is 328 g/mol. The maximum Gasteiger partial charge on any atom is 0.172 e. The molecule has 1 atom stereocenters. The number of benzene rings is 1. The lowest BCUT2D eigenvalue weighted by Crippen LogP contribution is -2.39. The molecule has 23 heavy (non-hydrogen) atoms. The molecule has 4 N–H and O–H groups in total. The van der Waals surface area contributed by atoms with Gasteiger partial charge >= 0.3 is 0 Å². The molecular weight excluding hydrogens is 311 g/mol. The Morgan fingerprint density at radius 1 is 1.17 bits per heavy atom. The Kier molecular flexibility index (Phi) is 3.41. The van der Waals surface area contributed by atoms with Gasteiger partial charge in [-0.15, -0.1) is 0 Å². The molecule has 4 rings (SSSR count). The Balaban J connectivity index is 1.88. The number of aryl methyl sites for hydroxylation is 1. The number of rotatable bonds is 1. The van der Waals surface area contributed by atoms with Gasteiger partial charge in [0, 0.05) is 16.9 Å². The highest BCUT2D eigenvalue weighted by atomic mass is 32.1. The molecule has 6 heteroatoms. The van der Waals surface area contributed by atoms with Crippen molar-refractivity contribution in [1.82, 2.24) is 10.3 Å². The standard InChI is InChI=1S/C17H17FN4S/c18-10-7-5-9(6-8-10)15-13-14(19)11-3-1-2-4-12(11)20-16(13)22-17(23)21-15/h5-8,15H,1-4H2,(H4,19,20,21,22,23). The van der Waals surface area contributed by atoms with Crippen LogP contribution in [-0.2, 0) is 12.8 Å². The number of hydrogen-bond acceptors (Lipinski definition) is 3. The van der Waals surface area contributed by atoms with Crippen LogP contribution >= 0.6 is 12.2 Å². The van der Waals surface area contributed by atoms with Gasteiger partial charge in [0.15, 0.2) is 5.11 Å². The summed E-state index contributed by atoms with van der Waals surface area (Å²) >= 11 is 5.31. The first kappa shape index (κ1) is 14.4. The van der Waals surface area contributed by atoms with Crippen molar-refractivity contribution in [3.8, 4) is 0 Å². The number of fused-ring (bicyclic) bond motifs is 2. The Bertz CT molecular complexity index is 788. The van der Waals surface area contributed by atoms with Crippen molar-refractivity contribution in [2.45, 2.75) is 31.7 Å². The van der Waals surface area contributed by atoms with Crippen molar-refractivity contribution in [3.63, 3.8) is 0 Å². The predicted octanol–water partition coefficient (Wildman–Crippen LogP) is 3.07. The molecule has 2 aromatic rings. The Hall–Kier alpha value is -2.21. The Morgan fingerprint density at radius 3 is 2.70 bits per heavy atom. The van der Waals surface area contributed by atoms with Crippen molar-refractivity contribution in [1.29, 1.82) is 0 Å². The number of nitrogen functional groups attached to an aromatic ring is 1. The van der Waals surface area contributed by atoms with Crippen molar-refractivity contribution in [2.24, 2.45) is 0 Å². The summed E-state index contributed by atoms with van der Waals surface area (Å²) in [5.74, 6) is 0.461. The van der Waals surface area contributed by atoms with Gasteiger partial charge < -0.3 is 16.4 Å². The number of nitrogens with two attached hydrogens (primary N) is 1. The summed E-state index contributed by atoms with van der Waals surface area (Å²) in [6.45, 7) is 0. The van der Waals surface area contributed by atoms with Crippen LogP contribution in [0.2, 0.25) is 0 Å². The van der Waals surface area contributed by atoms with Gasteiger partial charge in [-0.3, -0.25) is 0 Å². The number of aromatic nitrogens is 1. The van der Waals surface area contributed by atoms with Crippen LogP contribution in [-0.4, -0.2) is 10.1 Å². The molecule has 0 saturated heterocycles. The predicted molar refractivity (Wildman–Crippen MR) is 92.9 cm³/mol. The zero-order valence-corrected chi connectivity index (χ0v) is 13.3. The summed E-state index contributed by atoms with van der Waals surface area (Å²) < 4.78 is 13.2. The third kappa shape index (κ3) is 2.43. The van der Waals surface area contributed by atoms with Crippen LogP contribution < -0.4 is 16.4 Å². The van der Waals surface area contributed by atoms with E-state index < -0.39 is 0 Å². The van der Waals surface area contributed by atoms with Gasteiger partial charge in [0.05, 0.1) is 6.04 Å². The molecule has 1 unspecified atom stereocenters. The smallest absolute Gasteiger partial charge is 0.172 e. The summed E-state index contributed by atoms with van der Waals surface area (Å²) in [5, 5.41) is 6.86. The van der Waals surface area contributed by atoms with Crippen LogP contribution in [0.3, 0.4) is 0 Å². The summed E-state index contributed by atoms with van der Waals surface area (Å²) in [5.41, 5.74) is 11.3. The molecule has 0 spiro atoms. The van der Waals surface area contributed by atoms with E-state index in [1.165, 1.54) is 12.1 Å². The van der Waals surface area contributed by atoms with Crippen molar-refractivity contribution in [3.05, 3.63) is 52.5 Å². The second kappa shape index (κ2) is 5.45. The van der Waals surface area contributed by atoms with Crippen LogP contribution in [0.4, 0.5) is 15.9 Å². The molecule has 1 aliphatic heterocycles. The van der Waals surface area contributed by atoms with E-state index in [0.717, 1.165) is 59.6 Å². The molecule has 2 aliphatic rings. The molecular formula is C17H17FN4S. The topological polar surface area (TPSA) is 63.0 Å². The third-order valence-electron chi connectivity index (χ3n) is 4.56. The fourth-order valence-electron chi connectivity index (χ4n) is 3.43. The van der Waals surface area contributed by atoms with Gasteiger partial charge in [0.1, 0.15) is 11.6 Å². The van der Waals surface area contributed by atoms with Crippen LogP contribution in [0.5, 0.6) is 0 Å². The minimum absolute atomic E-state index is 0.209. The third-order valence-corrected chi connectivity index (χ3v) is 4.78. The first-order valence-electron chi connectivity index (χ1n) is 7.77. The SMILES string of the molecule is Nc1c2c(nc3c1C(c1ccc(F)cc1)NC(=S)N3)CCCC2. The van der Waals surface area contributed by atoms with E-state index in [0.29, 0.717) is 5.11 Å². The maximum atomic E-state index is 13.2. The van der Waals surface area contributed by atoms with Crippen LogP contribution in [0.15, 0.2) is 24.3 Å². The van der Waals surface area contributed by atoms with Gasteiger partial charge in [-0.05, 0) is 61.2 Å². The number of nitrogens with zero attached hydrogens (tertiary/aromatic N) is 1. The number of halogens is 1. The van der Waals surface area contributed by atoms with E-state index in [4.69, 9.17) is 22.9 Å². The maximum absolute atomic E-state index is 13.2. The summed E-state index contributed by atoms with van der Waals surface area (Å²) in [6.07, 6.45) is 4.19. The van der Waals surface area contributed by atoms with Crippen LogP contribution in [0, 0.1) is 5.82 Å². The van der Waals surface area contributed by atoms with Gasteiger partial charge in [-0.25, -0.2) is 9.37 Å². The molecule has 2 heterocycles. The van der Waals surface area contributed by atoms with Crippen LogP contribution in [0.1, 0.15) is 41.3 Å². The van der Waals surface area contributed by atoms with Gasteiger partial charge in [-0.1, -0.05) is 12.1 Å². The molecule has 0 fully saturated rings. The largest absolute Gasteiger partial charge is 0.398 e. The van der Waals surface area contributed by atoms with Crippen molar-refractivity contribution < 1.29 is 4.39 Å². The number of pyridine rings is 1. The Labute approximate surface area is 139 Å². The zero-order valence-electron chi connectivity index (χ0n) is 12.5. The molecule has 1 aromatic carbocycles. The highest BCUT2D eigenvalue weighted by molar-refractivity contribution is 7.80. The fraction of sp³-hybridized carbons (Fsp3) is 0.294. The monoisotopic (exact) mass is 328 g/mol. The van der Waals surface area contributed by atoms with E-state index in [-0.39, 0.29) is 11.9 Å². The van der Waals surface area contributed by atoms with E-state index in [9.17, 15) is 4.39 Å². The van der Waals surface area contributed by atoms with E-state index in [1.54, 1.807) is 12.1 Å². The van der Waals surface area contributed by atoms with Crippen LogP contribution in [0.25, 0.3) is 0 Å². The average Bonchev–Trinajstić information content (AvgIpc) is 2.55. The quantitative estimate of drug-likeness (QED) is 0.702. The van der Waals surface area contributed by atoms with E-state index >= 15 is 0 Å². The summed E-state index contributed by atoms with van der Waals surface area (Å²) in [6, 6.07) is 6.19. The lowest BCUT2D eigenvalue weighted by molar-refractivity contribution is 0.625. The summed E-state index contributed by atoms with van der Waals surface area (Å²) in [7, 11) is 0. The second-order valence-electron chi connectivity index (χ2n) is 6.00. The van der Waals surface area contributed by atoms with Gasteiger partial charge in [0.25, 0.3) is 0 Å². The molecule has 118 valence electrons. The molecule has 1 aromatic heterocycles. The molecule has 0 amide bonds. The van der Waals surface area contributed by atoms with E-state index in [1.807, 2.05) is 0 Å². The first-order chi connectivity index (χ1) is 11.1. The molecule has 0 bridgehead atoms. The summed E-state index contributed by atoms with van der Waals surface area (Å²) in [4.78, 5) is 4.77. The highest BCUT2D eigenvalue weighted by Gasteiger charge is 2.30. The number of anilines is 2. The molecule has 0 radical (unpaired) electrons. The van der Waals surface area contributed by atoms with E-state index in [2.05, 4.69) is 10.6 Å². The minimum atomic E-state index is -0.262. The lowest BCUT2D eigenvalue weighted by atomic mass is 9.88. The normalized spacial score (nSPS) is 19.3. The minimum Gasteiger partial charge on any atom is -0.398 e. The molecule has 4 nitrogen and oxygen atoms in total. The van der Waals surface area contributed by atoms with Crippen molar-refractivity contribution in [2.75, 3.05) is 11.1 Å². The zero-order chi connectivity index (χ0) is 16.0. The second-order valence-corrected chi connectivity index (χ2v) is 6.41. The molecule has 1 aliphatic carbocycles. The first-order valence-corrected chi connectivity index (χ1v) is 8.18. The van der Waals surface area contributed by atoms with Crippen molar-refractivity contribution >= 4 is 28.8 Å². The highest BCUT2D eigenvalue weighted by Crippen LogP contribution is 2.39. The number of thiocarbonyl (C=S) groups is 1. The Morgan fingerprint density at radius 2 is 1.91 bits per heavy atom. The molecule has 0 saturated carbocycles. The van der Waals surface area contributed by atoms with Gasteiger partial charge in [-0.2, -0.15) is 0 Å². The lowest BCUT2D eigenvalue weighted by Gasteiger charge is -2.32. The number of hydrogen-bond donors (Lipinski definition) is 3. The van der Waals surface area contributed by atoms with Gasteiger partial charge in [0.2, 0.25) is 0 Å².